The number of urea groups is 1. The smallest absolute Gasteiger partial charge is 0.426 e. The first kappa shape index (κ1) is 35.5. The van der Waals surface area contributed by atoms with Crippen LogP contribution < -0.4 is 15.5 Å². The Bertz CT molecular complexity index is 1880. The molecule has 3 N–H and O–H groups in total. The highest BCUT2D eigenvalue weighted by Gasteiger charge is 2.62. The third-order valence-electron chi connectivity index (χ3n) is 10.5. The Morgan fingerprint density at radius 3 is 2.13 bits per heavy atom. The van der Waals surface area contributed by atoms with Crippen molar-refractivity contribution in [2.45, 2.75) is 100 Å². The van der Waals surface area contributed by atoms with E-state index in [-0.39, 0.29) is 25.5 Å². The minimum Gasteiger partial charge on any atom is -0.445 e. The van der Waals surface area contributed by atoms with Crippen LogP contribution >= 0.6 is 0 Å². The number of fused-ring (bicyclic) bond motifs is 3. The predicted octanol–water partition coefficient (Wildman–Crippen LogP) is 3.96. The molecule has 0 bridgehead atoms. The quantitative estimate of drug-likeness (QED) is 0.207. The summed E-state index contributed by atoms with van der Waals surface area (Å²) < 4.78 is 33.0. The molecule has 1 aliphatic heterocycles. The first-order valence-electron chi connectivity index (χ1n) is 17.9. The van der Waals surface area contributed by atoms with Crippen molar-refractivity contribution in [3.05, 3.63) is 72.3 Å². The van der Waals surface area contributed by atoms with E-state index in [1.165, 1.54) is 11.0 Å². The molecule has 0 aromatic heterocycles. The second kappa shape index (κ2) is 13.9. The predicted molar refractivity (Wildman–Crippen MR) is 191 cm³/mol. The lowest BCUT2D eigenvalue weighted by Crippen LogP contribution is -2.60. The van der Waals surface area contributed by atoms with Crippen LogP contribution in [0.25, 0.3) is 11.1 Å². The van der Waals surface area contributed by atoms with E-state index in [0.717, 1.165) is 52.9 Å². The fourth-order valence-corrected chi connectivity index (χ4v) is 8.75. The fourth-order valence-electron chi connectivity index (χ4n) is 7.39. The van der Waals surface area contributed by atoms with Crippen molar-refractivity contribution in [1.29, 1.82) is 0 Å². The summed E-state index contributed by atoms with van der Waals surface area (Å²) in [7, 11) is -3.89. The van der Waals surface area contributed by atoms with Crippen LogP contribution in [0.15, 0.2) is 66.3 Å². The van der Waals surface area contributed by atoms with Crippen molar-refractivity contribution in [1.82, 2.24) is 25.4 Å². The SMILES string of the molecule is C=C[C@@H]1CC1(NC(=O)[C@@H]1CC(ON=C2c3ccccc3-c3ccccc32)CN1C(=O)N(NC(=O)OC1CCCC1)C(C)C)C(=O)NS(=O)(=O)C1CC1. The second-order valence-electron chi connectivity index (χ2n) is 14.5. The zero-order valence-corrected chi connectivity index (χ0v) is 30.1. The number of benzene rings is 2. The molecule has 5 aliphatic rings. The number of rotatable bonds is 10. The van der Waals surface area contributed by atoms with E-state index in [0.29, 0.717) is 18.6 Å². The summed E-state index contributed by atoms with van der Waals surface area (Å²) in [4.78, 5) is 62.2. The highest BCUT2D eigenvalue weighted by Crippen LogP contribution is 2.45. The van der Waals surface area contributed by atoms with Gasteiger partial charge in [-0.2, -0.15) is 0 Å². The molecule has 4 atom stereocenters. The number of likely N-dealkylation sites (tertiary alicyclic amines) is 1. The lowest BCUT2D eigenvalue weighted by atomic mass is 10.1. The number of carbonyl (C=O) groups excluding carboxylic acids is 4. The average molecular weight is 733 g/mol. The maximum atomic E-state index is 14.2. The molecule has 276 valence electrons. The van der Waals surface area contributed by atoms with Crippen LogP contribution in [0.4, 0.5) is 9.59 Å². The maximum Gasteiger partial charge on any atom is 0.426 e. The topological polar surface area (TPSA) is 176 Å². The number of ether oxygens (including phenoxy) is 1. The molecule has 2 aromatic carbocycles. The first-order valence-corrected chi connectivity index (χ1v) is 19.5. The Hall–Kier alpha value is -4.92. The van der Waals surface area contributed by atoms with E-state index >= 15 is 0 Å². The van der Waals surface area contributed by atoms with E-state index in [2.05, 4.69) is 27.2 Å². The Morgan fingerprint density at radius 1 is 0.962 bits per heavy atom. The number of oxime groups is 1. The number of nitrogens with one attached hydrogen (secondary N) is 3. The lowest BCUT2D eigenvalue weighted by Gasteiger charge is -2.33. The van der Waals surface area contributed by atoms with E-state index in [4.69, 9.17) is 9.57 Å². The van der Waals surface area contributed by atoms with Crippen LogP contribution in [-0.4, -0.2) is 89.6 Å². The lowest BCUT2D eigenvalue weighted by molar-refractivity contribution is -0.131. The summed E-state index contributed by atoms with van der Waals surface area (Å²) in [5.74, 6) is -2.04. The minimum absolute atomic E-state index is 0.00688. The molecule has 2 unspecified atom stereocenters. The highest BCUT2D eigenvalue weighted by atomic mass is 32.2. The van der Waals surface area contributed by atoms with Crippen molar-refractivity contribution in [2.24, 2.45) is 11.1 Å². The molecule has 0 radical (unpaired) electrons. The molecule has 4 fully saturated rings. The van der Waals surface area contributed by atoms with Gasteiger partial charge in [0.15, 0.2) is 0 Å². The van der Waals surface area contributed by atoms with E-state index < -0.39 is 68.9 Å². The molecule has 15 heteroatoms. The van der Waals surface area contributed by atoms with Crippen molar-refractivity contribution in [3.63, 3.8) is 0 Å². The minimum atomic E-state index is -3.89. The summed E-state index contributed by atoms with van der Waals surface area (Å²) in [5.41, 5.74) is 5.44. The van der Waals surface area contributed by atoms with Gasteiger partial charge in [0.2, 0.25) is 15.9 Å². The van der Waals surface area contributed by atoms with Gasteiger partial charge < -0.3 is 19.8 Å². The summed E-state index contributed by atoms with van der Waals surface area (Å²) in [6.45, 7) is 7.13. The molecule has 7 rings (SSSR count). The Balaban J connectivity index is 1.14. The van der Waals surface area contributed by atoms with Gasteiger partial charge in [-0.25, -0.2) is 28.4 Å². The molecule has 1 heterocycles. The molecule has 1 saturated heterocycles. The highest BCUT2D eigenvalue weighted by molar-refractivity contribution is 7.91. The molecule has 52 heavy (non-hydrogen) atoms. The number of hydrogen-bond donors (Lipinski definition) is 3. The number of carbonyl (C=O) groups is 4. The number of hydrazine groups is 1. The van der Waals surface area contributed by atoms with Crippen LogP contribution in [-0.2, 0) is 29.2 Å². The van der Waals surface area contributed by atoms with Gasteiger partial charge >= 0.3 is 12.1 Å². The van der Waals surface area contributed by atoms with Gasteiger partial charge in [-0.05, 0) is 69.9 Å². The number of amides is 5. The number of sulfonamides is 1. The third-order valence-corrected chi connectivity index (χ3v) is 12.3. The Labute approximate surface area is 303 Å². The van der Waals surface area contributed by atoms with Gasteiger partial charge in [0.1, 0.15) is 29.5 Å². The maximum absolute atomic E-state index is 14.2. The second-order valence-corrected chi connectivity index (χ2v) is 16.5. The monoisotopic (exact) mass is 732 g/mol. The van der Waals surface area contributed by atoms with E-state index in [1.807, 2.05) is 48.5 Å². The number of hydrogen-bond acceptors (Lipinski definition) is 9. The molecular weight excluding hydrogens is 689 g/mol. The van der Waals surface area contributed by atoms with E-state index in [1.54, 1.807) is 13.8 Å². The molecule has 4 aliphatic carbocycles. The Kier molecular flexibility index (Phi) is 9.48. The van der Waals surface area contributed by atoms with Gasteiger partial charge in [-0.3, -0.25) is 14.3 Å². The molecule has 2 aromatic rings. The summed E-state index contributed by atoms with van der Waals surface area (Å²) in [6.07, 6.45) is 4.22. The van der Waals surface area contributed by atoms with Gasteiger partial charge in [0, 0.05) is 29.5 Å². The fraction of sp³-hybridized carbons (Fsp3) is 0.486. The van der Waals surface area contributed by atoms with Crippen molar-refractivity contribution < 1.29 is 37.2 Å². The summed E-state index contributed by atoms with van der Waals surface area (Å²) in [5, 5.41) is 7.82. The van der Waals surface area contributed by atoms with Crippen LogP contribution in [0.1, 0.15) is 76.3 Å². The van der Waals surface area contributed by atoms with Crippen LogP contribution in [0, 0.1) is 5.92 Å². The largest absolute Gasteiger partial charge is 0.445 e. The normalized spacial score (nSPS) is 24.8. The zero-order valence-electron chi connectivity index (χ0n) is 29.2. The Morgan fingerprint density at radius 2 is 1.58 bits per heavy atom. The molecule has 14 nitrogen and oxygen atoms in total. The van der Waals surface area contributed by atoms with Crippen LogP contribution in [0.5, 0.6) is 0 Å². The van der Waals surface area contributed by atoms with Crippen LogP contribution in [0.2, 0.25) is 0 Å². The van der Waals surface area contributed by atoms with Crippen LogP contribution in [0.3, 0.4) is 0 Å². The van der Waals surface area contributed by atoms with Crippen molar-refractivity contribution in [3.8, 4) is 11.1 Å². The van der Waals surface area contributed by atoms with Gasteiger partial charge in [-0.1, -0.05) is 59.8 Å². The number of nitrogens with zero attached hydrogens (tertiary/aromatic N) is 3. The molecule has 5 amide bonds. The standard InChI is InChI=1S/C37H44N6O8S/c1-4-23-20-37(23,34(45)41-52(48,49)26-17-18-26)38-33(44)31-19-25(51-40-32-29-15-9-7-13-27(29)28-14-8-10-16-30(28)32)21-42(31)36(47)43(22(2)3)39-35(46)50-24-11-5-6-12-24/h4,7-10,13-16,22-26,31H,1,5-6,11-12,17-21H2,2-3H3,(H,38,44)(H,39,46)(H,41,45)/t23-,25?,31+,37?/m1/s1. The molecular formula is C37H44N6O8S. The van der Waals surface area contributed by atoms with Crippen molar-refractivity contribution in [2.75, 3.05) is 6.54 Å². The molecule has 3 saturated carbocycles. The summed E-state index contributed by atoms with van der Waals surface area (Å²) in [6, 6.07) is 13.3. The molecule has 0 spiro atoms. The van der Waals surface area contributed by atoms with Gasteiger partial charge in [0.05, 0.1) is 11.8 Å². The average Bonchev–Trinajstić information content (AvgIpc) is 3.96. The van der Waals surface area contributed by atoms with Gasteiger partial charge in [-0.15, -0.1) is 6.58 Å². The van der Waals surface area contributed by atoms with Crippen molar-refractivity contribution >= 4 is 39.7 Å². The van der Waals surface area contributed by atoms with E-state index in [9.17, 15) is 27.6 Å². The first-order chi connectivity index (χ1) is 24.9. The van der Waals surface area contributed by atoms with Gasteiger partial charge in [0.25, 0.3) is 5.91 Å². The third kappa shape index (κ3) is 6.85. The zero-order chi connectivity index (χ0) is 36.8. The summed E-state index contributed by atoms with van der Waals surface area (Å²) >= 11 is 0.